The molecule has 2 heterocycles. The largest absolute Gasteiger partial charge is 0.379 e. The van der Waals surface area contributed by atoms with Crippen molar-refractivity contribution in [3.05, 3.63) is 95.2 Å². The Morgan fingerprint density at radius 2 is 1.60 bits per heavy atom. The summed E-state index contributed by atoms with van der Waals surface area (Å²) in [4.78, 5) is 14.4. The average molecular weight is 683 g/mol. The van der Waals surface area contributed by atoms with Gasteiger partial charge in [-0.1, -0.05) is 41.7 Å². The molecule has 250 valence electrons. The number of morpholine rings is 1. The minimum Gasteiger partial charge on any atom is -0.379 e. The number of nitrogens with one attached hydrogen (secondary N) is 1. The second-order valence-corrected chi connectivity index (χ2v) is 15.3. The number of rotatable bonds is 8. The zero-order chi connectivity index (χ0) is 34.2. The summed E-state index contributed by atoms with van der Waals surface area (Å²) < 4.78 is 59.2. The summed E-state index contributed by atoms with van der Waals surface area (Å²) in [5.74, 6) is 5.42. The van der Waals surface area contributed by atoms with Crippen LogP contribution in [0, 0.1) is 18.8 Å². The number of sulfone groups is 1. The van der Waals surface area contributed by atoms with E-state index in [1.165, 1.54) is 30.1 Å². The van der Waals surface area contributed by atoms with Crippen LogP contribution in [0.1, 0.15) is 35.6 Å². The lowest BCUT2D eigenvalue weighted by Gasteiger charge is -2.26. The van der Waals surface area contributed by atoms with Crippen molar-refractivity contribution in [1.82, 2.24) is 20.2 Å². The van der Waals surface area contributed by atoms with E-state index in [9.17, 15) is 21.6 Å². The number of hydrogen-bond acceptors (Lipinski definition) is 9. The standard InChI is InChI=1S/C26H30N4O5S.C7H8O3S/c1-26(25(31)28-32,36(2,33)34)11-12-30-24-10-9-21(17-23(24)18-27-30)6-3-20-4-7-22(8-5-20)19-29-13-15-35-16-14-29;1-6-2-4-7(5-3-6)11(8,9)10/h4-5,7-10,17-18,32H,11-16,19H2,1-2H3,(H,28,31);2-5H,1H3,(H,8,9,10). The lowest BCUT2D eigenvalue weighted by molar-refractivity contribution is -0.131. The third-order valence-electron chi connectivity index (χ3n) is 7.98. The number of carbonyl (C=O) groups excluding carboxylic acids is 1. The van der Waals surface area contributed by atoms with Crippen molar-refractivity contribution < 1.29 is 36.1 Å². The second-order valence-electron chi connectivity index (χ2n) is 11.5. The first kappa shape index (κ1) is 35.7. The van der Waals surface area contributed by atoms with Gasteiger partial charge in [-0.15, -0.1) is 0 Å². The zero-order valence-corrected chi connectivity index (χ0v) is 28.0. The third kappa shape index (κ3) is 9.48. The monoisotopic (exact) mass is 682 g/mol. The van der Waals surface area contributed by atoms with Crippen LogP contribution in [0.2, 0.25) is 0 Å². The van der Waals surface area contributed by atoms with Crippen LogP contribution in [0.3, 0.4) is 0 Å². The van der Waals surface area contributed by atoms with Crippen molar-refractivity contribution in [2.45, 2.75) is 43.0 Å². The summed E-state index contributed by atoms with van der Waals surface area (Å²) in [6, 6.07) is 19.9. The van der Waals surface area contributed by atoms with Crippen molar-refractivity contribution >= 4 is 36.8 Å². The number of nitrogens with zero attached hydrogens (tertiary/aromatic N) is 3. The van der Waals surface area contributed by atoms with E-state index in [0.29, 0.717) is 0 Å². The van der Waals surface area contributed by atoms with E-state index in [1.54, 1.807) is 23.0 Å². The maximum atomic E-state index is 12.2. The van der Waals surface area contributed by atoms with Gasteiger partial charge in [0.25, 0.3) is 16.0 Å². The molecule has 1 fully saturated rings. The van der Waals surface area contributed by atoms with Gasteiger partial charge in [-0.05, 0) is 68.3 Å². The summed E-state index contributed by atoms with van der Waals surface area (Å²) in [6.07, 6.45) is 2.62. The fourth-order valence-electron chi connectivity index (χ4n) is 4.81. The SMILES string of the molecule is CC(CCn1ncc2cc(C#Cc3ccc(CN4CCOCC4)cc3)ccc21)(C(=O)NO)S(C)(=O)=O.Cc1ccc(S(=O)(=O)O)cc1. The van der Waals surface area contributed by atoms with Gasteiger partial charge in [-0.25, -0.2) is 13.9 Å². The first-order valence-electron chi connectivity index (χ1n) is 14.7. The molecule has 47 heavy (non-hydrogen) atoms. The third-order valence-corrected chi connectivity index (χ3v) is 10.9. The predicted octanol–water partition coefficient (Wildman–Crippen LogP) is 3.21. The van der Waals surface area contributed by atoms with E-state index in [2.05, 4.69) is 34.0 Å². The molecule has 0 saturated carbocycles. The number of hydrogen-bond donors (Lipinski definition) is 3. The molecule has 1 aliphatic heterocycles. The summed E-state index contributed by atoms with van der Waals surface area (Å²) >= 11 is 0. The lowest BCUT2D eigenvalue weighted by Crippen LogP contribution is -2.49. The van der Waals surface area contributed by atoms with Crippen molar-refractivity contribution in [1.29, 1.82) is 0 Å². The highest BCUT2D eigenvalue weighted by atomic mass is 32.2. The summed E-state index contributed by atoms with van der Waals surface area (Å²) in [5.41, 5.74) is 6.23. The Balaban J connectivity index is 0.000000385. The van der Waals surface area contributed by atoms with Crippen LogP contribution in [-0.2, 0) is 42.6 Å². The molecule has 1 aromatic heterocycles. The minimum atomic E-state index is -4.02. The number of hydroxylamine groups is 1. The van der Waals surface area contributed by atoms with E-state index >= 15 is 0 Å². The summed E-state index contributed by atoms with van der Waals surface area (Å²) in [5, 5.41) is 14.2. The van der Waals surface area contributed by atoms with Crippen LogP contribution in [0.4, 0.5) is 0 Å². The van der Waals surface area contributed by atoms with E-state index < -0.39 is 30.6 Å². The zero-order valence-electron chi connectivity index (χ0n) is 26.4. The highest BCUT2D eigenvalue weighted by molar-refractivity contribution is 7.92. The molecule has 5 rings (SSSR count). The van der Waals surface area contributed by atoms with Gasteiger partial charge in [-0.3, -0.25) is 24.1 Å². The average Bonchev–Trinajstić information content (AvgIpc) is 3.45. The number of carbonyl (C=O) groups is 1. The maximum absolute atomic E-state index is 12.2. The first-order valence-corrected chi connectivity index (χ1v) is 18.1. The number of amides is 1. The van der Waals surface area contributed by atoms with Crippen LogP contribution in [0.25, 0.3) is 10.9 Å². The molecule has 0 aliphatic carbocycles. The quantitative estimate of drug-likeness (QED) is 0.109. The Morgan fingerprint density at radius 1 is 0.979 bits per heavy atom. The molecule has 0 bridgehead atoms. The Kier molecular flexibility index (Phi) is 11.6. The van der Waals surface area contributed by atoms with E-state index in [1.807, 2.05) is 37.3 Å². The highest BCUT2D eigenvalue weighted by Gasteiger charge is 2.43. The summed E-state index contributed by atoms with van der Waals surface area (Å²) in [7, 11) is -7.79. The molecule has 1 unspecified atom stereocenters. The smallest absolute Gasteiger partial charge is 0.294 e. The van der Waals surface area contributed by atoms with Gasteiger partial charge in [0.2, 0.25) is 0 Å². The second kappa shape index (κ2) is 15.2. The van der Waals surface area contributed by atoms with Crippen LogP contribution in [0.5, 0.6) is 0 Å². The number of ether oxygens (including phenoxy) is 1. The molecule has 14 heteroatoms. The van der Waals surface area contributed by atoms with Gasteiger partial charge >= 0.3 is 0 Å². The van der Waals surface area contributed by atoms with Crippen LogP contribution < -0.4 is 5.48 Å². The molecular weight excluding hydrogens is 645 g/mol. The van der Waals surface area contributed by atoms with Crippen LogP contribution in [0.15, 0.2) is 77.8 Å². The van der Waals surface area contributed by atoms with Crippen LogP contribution in [-0.4, -0.2) is 84.5 Å². The van der Waals surface area contributed by atoms with Gasteiger partial charge in [0, 0.05) is 48.9 Å². The van der Waals surface area contributed by atoms with Crippen molar-refractivity contribution in [3.8, 4) is 11.8 Å². The minimum absolute atomic E-state index is 0.0436. The number of benzene rings is 3. The van der Waals surface area contributed by atoms with Gasteiger partial charge in [0.15, 0.2) is 14.6 Å². The van der Waals surface area contributed by atoms with Gasteiger partial charge in [-0.2, -0.15) is 13.5 Å². The Bertz CT molecular complexity index is 1980. The van der Waals surface area contributed by atoms with E-state index in [0.717, 1.165) is 66.7 Å². The molecule has 12 nitrogen and oxygen atoms in total. The number of fused-ring (bicyclic) bond motifs is 1. The van der Waals surface area contributed by atoms with E-state index in [-0.39, 0.29) is 17.9 Å². The van der Waals surface area contributed by atoms with Crippen molar-refractivity contribution in [3.63, 3.8) is 0 Å². The van der Waals surface area contributed by atoms with Crippen molar-refractivity contribution in [2.75, 3.05) is 32.6 Å². The molecule has 3 N–H and O–H groups in total. The molecule has 0 radical (unpaired) electrons. The molecule has 1 aliphatic rings. The predicted molar refractivity (Wildman–Crippen MR) is 177 cm³/mol. The summed E-state index contributed by atoms with van der Waals surface area (Å²) in [6.45, 7) is 7.71. The molecular formula is C33H38N4O8S2. The lowest BCUT2D eigenvalue weighted by atomic mass is 10.1. The molecule has 3 aromatic carbocycles. The molecule has 1 amide bonds. The topological polar surface area (TPSA) is 168 Å². The highest BCUT2D eigenvalue weighted by Crippen LogP contribution is 2.24. The van der Waals surface area contributed by atoms with Gasteiger partial charge in [0.1, 0.15) is 0 Å². The fourth-order valence-corrected chi connectivity index (χ4v) is 6.14. The van der Waals surface area contributed by atoms with Crippen LogP contribution >= 0.6 is 0 Å². The van der Waals surface area contributed by atoms with Gasteiger partial charge < -0.3 is 4.74 Å². The molecule has 0 spiro atoms. The maximum Gasteiger partial charge on any atom is 0.294 e. The normalized spacial score (nSPS) is 15.1. The molecule has 4 aromatic rings. The fraction of sp³-hybridized carbons (Fsp3) is 0.333. The van der Waals surface area contributed by atoms with Crippen molar-refractivity contribution in [2.24, 2.45) is 0 Å². The number of aromatic nitrogens is 2. The molecule has 1 atom stereocenters. The Morgan fingerprint density at radius 3 is 2.19 bits per heavy atom. The Labute approximate surface area is 275 Å². The molecule has 1 saturated heterocycles. The number of aryl methyl sites for hydroxylation is 2. The Hall–Kier alpha value is -4.10. The van der Waals surface area contributed by atoms with E-state index in [4.69, 9.17) is 14.5 Å². The van der Waals surface area contributed by atoms with Gasteiger partial charge in [0.05, 0.1) is 29.8 Å². The first-order chi connectivity index (χ1) is 22.2.